The number of hydrogen-bond acceptors (Lipinski definition) is 2. The van der Waals surface area contributed by atoms with E-state index in [2.05, 4.69) is 0 Å². The molecule has 1 heterocycles. The van der Waals surface area contributed by atoms with Gasteiger partial charge in [-0.05, 0) is 60.8 Å². The first-order chi connectivity index (χ1) is 11.0. The van der Waals surface area contributed by atoms with Crippen LogP contribution < -0.4 is 0 Å². The van der Waals surface area contributed by atoms with Crippen LogP contribution in [0.1, 0.15) is 53.6 Å². The van der Waals surface area contributed by atoms with Crippen LogP contribution in [0.3, 0.4) is 0 Å². The molecule has 3 aliphatic rings. The number of carboxylic acid groups (broad SMARTS) is 1. The van der Waals surface area contributed by atoms with E-state index >= 15 is 0 Å². The average molecular weight is 317 g/mol. The lowest BCUT2D eigenvalue weighted by molar-refractivity contribution is -0.138. The van der Waals surface area contributed by atoms with E-state index in [0.29, 0.717) is 24.1 Å². The van der Waals surface area contributed by atoms with Crippen molar-refractivity contribution in [2.75, 3.05) is 6.54 Å². The Morgan fingerprint density at radius 3 is 2.70 bits per heavy atom. The molecule has 4 nitrogen and oxygen atoms in total. The van der Waals surface area contributed by atoms with Crippen LogP contribution in [0.2, 0.25) is 0 Å². The maximum absolute atomic E-state index is 14.0. The minimum absolute atomic E-state index is 0.0888. The number of halogens is 1. The van der Waals surface area contributed by atoms with Gasteiger partial charge in [-0.1, -0.05) is 6.42 Å². The SMILES string of the molecule is O=C(O)c1ccc(F)c2c1CN(C(=O)C1CCCC13CC3)CC2. The highest BCUT2D eigenvalue weighted by Crippen LogP contribution is 2.61. The van der Waals surface area contributed by atoms with Gasteiger partial charge in [0.15, 0.2) is 0 Å². The third kappa shape index (κ3) is 2.25. The van der Waals surface area contributed by atoms with Gasteiger partial charge in [0, 0.05) is 19.0 Å². The first-order valence-corrected chi connectivity index (χ1v) is 8.34. The zero-order valence-corrected chi connectivity index (χ0v) is 13.0. The van der Waals surface area contributed by atoms with Crippen LogP contribution in [0.25, 0.3) is 0 Å². The summed E-state index contributed by atoms with van der Waals surface area (Å²) in [6.45, 7) is 0.707. The van der Waals surface area contributed by atoms with Crippen molar-refractivity contribution in [2.24, 2.45) is 11.3 Å². The highest BCUT2D eigenvalue weighted by atomic mass is 19.1. The number of rotatable bonds is 2. The number of carboxylic acids is 1. The molecular formula is C18H20FNO3. The molecule has 0 aromatic heterocycles. The monoisotopic (exact) mass is 317 g/mol. The van der Waals surface area contributed by atoms with Gasteiger partial charge in [-0.15, -0.1) is 0 Å². The van der Waals surface area contributed by atoms with Crippen molar-refractivity contribution >= 4 is 11.9 Å². The Labute approximate surface area is 134 Å². The van der Waals surface area contributed by atoms with Crippen molar-refractivity contribution in [3.05, 3.63) is 34.6 Å². The molecule has 1 spiro atoms. The molecule has 23 heavy (non-hydrogen) atoms. The van der Waals surface area contributed by atoms with Crippen LogP contribution in [0.5, 0.6) is 0 Å². The minimum Gasteiger partial charge on any atom is -0.478 e. The molecule has 1 atom stereocenters. The first-order valence-electron chi connectivity index (χ1n) is 8.34. The molecule has 0 saturated heterocycles. The minimum atomic E-state index is -1.06. The molecule has 1 unspecified atom stereocenters. The number of carbonyl (C=O) groups is 2. The fourth-order valence-corrected chi connectivity index (χ4v) is 4.52. The van der Waals surface area contributed by atoms with E-state index in [1.165, 1.54) is 12.1 Å². The summed E-state index contributed by atoms with van der Waals surface area (Å²) in [5.74, 6) is -1.19. The highest BCUT2D eigenvalue weighted by molar-refractivity contribution is 5.90. The van der Waals surface area contributed by atoms with Crippen LogP contribution >= 0.6 is 0 Å². The van der Waals surface area contributed by atoms with E-state index in [1.807, 2.05) is 0 Å². The molecule has 1 aromatic carbocycles. The van der Waals surface area contributed by atoms with Crippen molar-refractivity contribution in [3.8, 4) is 0 Å². The number of benzene rings is 1. The molecule has 1 aromatic rings. The van der Waals surface area contributed by atoms with Gasteiger partial charge in [0.25, 0.3) is 0 Å². The van der Waals surface area contributed by atoms with Crippen molar-refractivity contribution in [2.45, 2.75) is 45.1 Å². The van der Waals surface area contributed by atoms with E-state index in [-0.39, 0.29) is 35.2 Å². The van der Waals surface area contributed by atoms with E-state index in [1.54, 1.807) is 4.90 Å². The fourth-order valence-electron chi connectivity index (χ4n) is 4.52. The third-order valence-corrected chi connectivity index (χ3v) is 5.99. The quantitative estimate of drug-likeness (QED) is 0.912. The highest BCUT2D eigenvalue weighted by Gasteiger charge is 2.55. The van der Waals surface area contributed by atoms with Crippen LogP contribution in [0, 0.1) is 17.2 Å². The smallest absolute Gasteiger partial charge is 0.336 e. The molecule has 1 aliphatic heterocycles. The predicted molar refractivity (Wildman–Crippen MR) is 81.5 cm³/mol. The summed E-state index contributed by atoms with van der Waals surface area (Å²) in [4.78, 5) is 26.1. The van der Waals surface area contributed by atoms with Gasteiger partial charge in [-0.3, -0.25) is 4.79 Å². The van der Waals surface area contributed by atoms with Crippen LogP contribution in [-0.4, -0.2) is 28.4 Å². The molecule has 1 amide bonds. The molecule has 0 bridgehead atoms. The Morgan fingerprint density at radius 1 is 1.22 bits per heavy atom. The first kappa shape index (κ1) is 14.7. The number of fused-ring (bicyclic) bond motifs is 1. The van der Waals surface area contributed by atoms with Crippen LogP contribution in [0.15, 0.2) is 12.1 Å². The van der Waals surface area contributed by atoms with Crippen LogP contribution in [0.4, 0.5) is 4.39 Å². The molecule has 5 heteroatoms. The number of hydrogen-bond donors (Lipinski definition) is 1. The number of aromatic carboxylic acids is 1. The summed E-state index contributed by atoms with van der Waals surface area (Å²) < 4.78 is 14.0. The lowest BCUT2D eigenvalue weighted by atomic mass is 9.89. The molecule has 2 fully saturated rings. The van der Waals surface area contributed by atoms with Gasteiger partial charge in [0.2, 0.25) is 5.91 Å². The van der Waals surface area contributed by atoms with Crippen molar-refractivity contribution < 1.29 is 19.1 Å². The van der Waals surface area contributed by atoms with Crippen molar-refractivity contribution in [1.82, 2.24) is 4.90 Å². The molecule has 0 radical (unpaired) electrons. The number of amides is 1. The zero-order valence-electron chi connectivity index (χ0n) is 13.0. The second-order valence-electron chi connectivity index (χ2n) is 7.17. The van der Waals surface area contributed by atoms with Gasteiger partial charge < -0.3 is 10.0 Å². The number of nitrogens with zero attached hydrogens (tertiary/aromatic N) is 1. The van der Waals surface area contributed by atoms with Gasteiger partial charge in [0.1, 0.15) is 5.82 Å². The predicted octanol–water partition coefficient (Wildman–Crippen LogP) is 2.99. The second-order valence-corrected chi connectivity index (χ2v) is 7.17. The standard InChI is InChI=1S/C18H20FNO3/c19-15-4-3-12(17(22)23)13-10-20(9-5-11(13)15)16(21)14-2-1-6-18(14)7-8-18/h3-4,14H,1-2,5-10H2,(H,22,23). The summed E-state index contributed by atoms with van der Waals surface area (Å²) in [5, 5.41) is 9.34. The Hall–Kier alpha value is -1.91. The van der Waals surface area contributed by atoms with Crippen LogP contribution in [-0.2, 0) is 17.8 Å². The third-order valence-electron chi connectivity index (χ3n) is 5.99. The maximum atomic E-state index is 14.0. The summed E-state index contributed by atoms with van der Waals surface area (Å²) in [7, 11) is 0. The Balaban J connectivity index is 1.62. The lowest BCUT2D eigenvalue weighted by Crippen LogP contribution is -2.42. The normalized spacial score (nSPS) is 24.6. The van der Waals surface area contributed by atoms with Gasteiger partial charge in [-0.25, -0.2) is 9.18 Å². The van der Waals surface area contributed by atoms with Crippen molar-refractivity contribution in [3.63, 3.8) is 0 Å². The van der Waals surface area contributed by atoms with Crippen molar-refractivity contribution in [1.29, 1.82) is 0 Å². The van der Waals surface area contributed by atoms with Gasteiger partial charge in [-0.2, -0.15) is 0 Å². The molecule has 122 valence electrons. The Bertz CT molecular complexity index is 696. The summed E-state index contributed by atoms with van der Waals surface area (Å²) >= 11 is 0. The Morgan fingerprint density at radius 2 is 2.00 bits per heavy atom. The van der Waals surface area contributed by atoms with E-state index < -0.39 is 5.97 Å². The van der Waals surface area contributed by atoms with Gasteiger partial charge >= 0.3 is 5.97 Å². The van der Waals surface area contributed by atoms with E-state index in [0.717, 1.165) is 32.1 Å². The van der Waals surface area contributed by atoms with E-state index in [4.69, 9.17) is 0 Å². The fraction of sp³-hybridized carbons (Fsp3) is 0.556. The second kappa shape index (κ2) is 5.05. The largest absolute Gasteiger partial charge is 0.478 e. The topological polar surface area (TPSA) is 57.6 Å². The van der Waals surface area contributed by atoms with E-state index in [9.17, 15) is 19.1 Å². The molecule has 1 N–H and O–H groups in total. The summed E-state index contributed by atoms with van der Waals surface area (Å²) in [5.41, 5.74) is 1.28. The molecule has 4 rings (SSSR count). The molecule has 2 saturated carbocycles. The zero-order chi connectivity index (χ0) is 16.2. The molecule has 2 aliphatic carbocycles. The lowest BCUT2D eigenvalue weighted by Gasteiger charge is -2.33. The van der Waals surface area contributed by atoms with Gasteiger partial charge in [0.05, 0.1) is 5.56 Å². The molecular weight excluding hydrogens is 297 g/mol. The summed E-state index contributed by atoms with van der Waals surface area (Å²) in [6.07, 6.45) is 5.87. The summed E-state index contributed by atoms with van der Waals surface area (Å²) in [6, 6.07) is 2.53. The Kier molecular flexibility index (Phi) is 3.22. The maximum Gasteiger partial charge on any atom is 0.336 e. The average Bonchev–Trinajstić information content (AvgIpc) is 3.18. The number of carbonyl (C=O) groups excluding carboxylic acids is 1.